The van der Waals surface area contributed by atoms with Crippen LogP contribution in [0.5, 0.6) is 17.2 Å². The van der Waals surface area contributed by atoms with Crippen LogP contribution in [0.2, 0.25) is 0 Å². The molecule has 4 nitrogen and oxygen atoms in total. The van der Waals surface area contributed by atoms with Crippen LogP contribution in [0.3, 0.4) is 0 Å². The molecule has 0 N–H and O–H groups in total. The topological polar surface area (TPSA) is 44.8 Å². The van der Waals surface area contributed by atoms with Gasteiger partial charge in [-0.2, -0.15) is 0 Å². The summed E-state index contributed by atoms with van der Waals surface area (Å²) in [4.78, 5) is 12.6. The summed E-state index contributed by atoms with van der Waals surface area (Å²) in [6.07, 6.45) is 3.24. The number of ketones is 1. The number of allylic oxidation sites excluding steroid dienone is 1. The highest BCUT2D eigenvalue weighted by Gasteiger charge is 2.18. The van der Waals surface area contributed by atoms with Gasteiger partial charge in [0.1, 0.15) is 22.8 Å². The van der Waals surface area contributed by atoms with Gasteiger partial charge in [0.15, 0.2) is 5.78 Å². The van der Waals surface area contributed by atoms with Crippen LogP contribution >= 0.6 is 15.9 Å². The van der Waals surface area contributed by atoms with Crippen molar-refractivity contribution in [3.05, 3.63) is 58.1 Å². The zero-order valence-corrected chi connectivity index (χ0v) is 14.7. The van der Waals surface area contributed by atoms with Crippen LogP contribution in [0.4, 0.5) is 0 Å². The third-order valence-corrected chi connectivity index (χ3v) is 3.73. The Labute approximate surface area is 143 Å². The Hall–Kier alpha value is -2.27. The first kappa shape index (κ1) is 17.1. The molecule has 0 bridgehead atoms. The fourth-order valence-corrected chi connectivity index (χ4v) is 2.53. The van der Waals surface area contributed by atoms with Gasteiger partial charge >= 0.3 is 0 Å². The Morgan fingerprint density at radius 3 is 2.17 bits per heavy atom. The lowest BCUT2D eigenvalue weighted by Crippen LogP contribution is -2.03. The van der Waals surface area contributed by atoms with Gasteiger partial charge in [-0.1, -0.05) is 34.1 Å². The van der Waals surface area contributed by atoms with Crippen LogP contribution in [0.1, 0.15) is 15.9 Å². The van der Waals surface area contributed by atoms with Gasteiger partial charge in [-0.15, -0.1) is 0 Å². The molecule has 0 radical (unpaired) electrons. The molecular formula is C18H17BrO4. The van der Waals surface area contributed by atoms with E-state index in [9.17, 15) is 4.79 Å². The second-order valence-corrected chi connectivity index (χ2v) is 5.58. The maximum atomic E-state index is 12.6. The third kappa shape index (κ3) is 4.13. The van der Waals surface area contributed by atoms with Crippen molar-refractivity contribution < 1.29 is 19.0 Å². The highest BCUT2D eigenvalue weighted by molar-refractivity contribution is 9.10. The molecule has 0 saturated carbocycles. The minimum absolute atomic E-state index is 0.207. The smallest absolute Gasteiger partial charge is 0.193 e. The van der Waals surface area contributed by atoms with Crippen LogP contribution < -0.4 is 14.2 Å². The van der Waals surface area contributed by atoms with Gasteiger partial charge < -0.3 is 14.2 Å². The highest BCUT2D eigenvalue weighted by atomic mass is 79.9. The first-order valence-corrected chi connectivity index (χ1v) is 7.66. The predicted octanol–water partition coefficient (Wildman–Crippen LogP) is 4.37. The molecule has 2 aromatic carbocycles. The van der Waals surface area contributed by atoms with E-state index in [4.69, 9.17) is 14.2 Å². The van der Waals surface area contributed by atoms with Crippen LogP contribution in [-0.4, -0.2) is 27.1 Å². The molecule has 0 aliphatic carbocycles. The zero-order chi connectivity index (χ0) is 16.8. The molecule has 120 valence electrons. The summed E-state index contributed by atoms with van der Waals surface area (Å²) in [5, 5.41) is 0. The van der Waals surface area contributed by atoms with Crippen molar-refractivity contribution in [3.63, 3.8) is 0 Å². The summed E-state index contributed by atoms with van der Waals surface area (Å²) < 4.78 is 16.7. The van der Waals surface area contributed by atoms with E-state index in [1.54, 1.807) is 25.3 Å². The average Bonchev–Trinajstić information content (AvgIpc) is 2.58. The molecule has 2 aromatic rings. The van der Waals surface area contributed by atoms with E-state index in [2.05, 4.69) is 15.9 Å². The van der Waals surface area contributed by atoms with Crippen LogP contribution in [0.15, 0.2) is 46.9 Å². The highest BCUT2D eigenvalue weighted by Crippen LogP contribution is 2.34. The first-order chi connectivity index (χ1) is 11.1. The maximum Gasteiger partial charge on any atom is 0.193 e. The lowest BCUT2D eigenvalue weighted by atomic mass is 10.1. The number of rotatable bonds is 6. The SMILES string of the molecule is COc1cc(OC)c(C(=O)C=Cc2cccc(Br)c2)c(OC)c1. The number of hydrogen-bond donors (Lipinski definition) is 0. The summed E-state index contributed by atoms with van der Waals surface area (Å²) in [6, 6.07) is 11.0. The van der Waals surface area contributed by atoms with Gasteiger partial charge in [0.05, 0.1) is 21.3 Å². The zero-order valence-electron chi connectivity index (χ0n) is 13.1. The summed E-state index contributed by atoms with van der Waals surface area (Å²) in [7, 11) is 4.55. The molecule has 5 heteroatoms. The Balaban J connectivity index is 2.38. The van der Waals surface area contributed by atoms with Crippen molar-refractivity contribution in [2.45, 2.75) is 0 Å². The van der Waals surface area contributed by atoms with E-state index in [1.165, 1.54) is 20.3 Å². The predicted molar refractivity (Wildman–Crippen MR) is 93.6 cm³/mol. The van der Waals surface area contributed by atoms with E-state index in [-0.39, 0.29) is 5.78 Å². The fraction of sp³-hybridized carbons (Fsp3) is 0.167. The van der Waals surface area contributed by atoms with Crippen molar-refractivity contribution in [2.75, 3.05) is 21.3 Å². The minimum Gasteiger partial charge on any atom is -0.496 e. The molecule has 0 aliphatic rings. The fourth-order valence-electron chi connectivity index (χ4n) is 2.11. The van der Waals surface area contributed by atoms with Crippen LogP contribution in [0, 0.1) is 0 Å². The lowest BCUT2D eigenvalue weighted by Gasteiger charge is -2.13. The second kappa shape index (κ2) is 7.83. The van der Waals surface area contributed by atoms with Crippen molar-refractivity contribution in [2.24, 2.45) is 0 Å². The molecule has 0 spiro atoms. The minimum atomic E-state index is -0.207. The van der Waals surface area contributed by atoms with Gasteiger partial charge in [-0.25, -0.2) is 0 Å². The van der Waals surface area contributed by atoms with Gasteiger partial charge in [-0.05, 0) is 23.8 Å². The molecule has 0 atom stereocenters. The van der Waals surface area contributed by atoms with Crippen molar-refractivity contribution >= 4 is 27.8 Å². The quantitative estimate of drug-likeness (QED) is 0.554. The Bertz CT molecular complexity index is 713. The standard InChI is InChI=1S/C18H17BrO4/c1-21-14-10-16(22-2)18(17(11-14)23-3)15(20)8-7-12-5-4-6-13(19)9-12/h4-11H,1-3H3. The molecule has 0 aromatic heterocycles. The lowest BCUT2D eigenvalue weighted by molar-refractivity contribution is 0.104. The van der Waals surface area contributed by atoms with Gasteiger partial charge in [-0.3, -0.25) is 4.79 Å². The molecule has 0 saturated heterocycles. The van der Waals surface area contributed by atoms with E-state index in [0.717, 1.165) is 10.0 Å². The number of hydrogen-bond acceptors (Lipinski definition) is 4. The molecule has 0 fully saturated rings. The van der Waals surface area contributed by atoms with E-state index < -0.39 is 0 Å². The molecule has 2 rings (SSSR count). The summed E-state index contributed by atoms with van der Waals surface area (Å²) >= 11 is 3.40. The molecule has 0 amide bonds. The Morgan fingerprint density at radius 1 is 1.00 bits per heavy atom. The third-order valence-electron chi connectivity index (χ3n) is 3.24. The van der Waals surface area contributed by atoms with Gasteiger partial charge in [0.25, 0.3) is 0 Å². The summed E-state index contributed by atoms with van der Waals surface area (Å²) in [5.74, 6) is 1.17. The summed E-state index contributed by atoms with van der Waals surface area (Å²) in [5.41, 5.74) is 1.28. The average molecular weight is 377 g/mol. The number of halogens is 1. The maximum absolute atomic E-state index is 12.6. The van der Waals surface area contributed by atoms with Crippen LogP contribution in [0.25, 0.3) is 6.08 Å². The number of ether oxygens (including phenoxy) is 3. The van der Waals surface area contributed by atoms with Crippen molar-refractivity contribution in [1.29, 1.82) is 0 Å². The van der Waals surface area contributed by atoms with Crippen molar-refractivity contribution in [3.8, 4) is 17.2 Å². The van der Waals surface area contributed by atoms with E-state index in [1.807, 2.05) is 24.3 Å². The number of methoxy groups -OCH3 is 3. The number of benzene rings is 2. The van der Waals surface area contributed by atoms with Gasteiger partial charge in [0, 0.05) is 16.6 Å². The van der Waals surface area contributed by atoms with E-state index in [0.29, 0.717) is 22.8 Å². The first-order valence-electron chi connectivity index (χ1n) is 6.87. The molecule has 0 aliphatic heterocycles. The van der Waals surface area contributed by atoms with E-state index >= 15 is 0 Å². The Kier molecular flexibility index (Phi) is 5.82. The summed E-state index contributed by atoms with van der Waals surface area (Å²) in [6.45, 7) is 0. The number of carbonyl (C=O) groups is 1. The second-order valence-electron chi connectivity index (χ2n) is 4.66. The number of carbonyl (C=O) groups excluding carboxylic acids is 1. The molecule has 0 unspecified atom stereocenters. The van der Waals surface area contributed by atoms with Crippen LogP contribution in [-0.2, 0) is 0 Å². The molecule has 0 heterocycles. The molecular weight excluding hydrogens is 360 g/mol. The van der Waals surface area contributed by atoms with Crippen molar-refractivity contribution in [1.82, 2.24) is 0 Å². The van der Waals surface area contributed by atoms with Gasteiger partial charge in [0.2, 0.25) is 0 Å². The molecule has 23 heavy (non-hydrogen) atoms. The normalized spacial score (nSPS) is 10.6. The largest absolute Gasteiger partial charge is 0.496 e. The Morgan fingerprint density at radius 2 is 1.65 bits per heavy atom. The monoisotopic (exact) mass is 376 g/mol.